The van der Waals surface area contributed by atoms with Crippen LogP contribution in [0.4, 0.5) is 0 Å². The molecule has 1 aliphatic heterocycles. The zero-order chi connectivity index (χ0) is 10.4. The molecule has 0 spiro atoms. The van der Waals surface area contributed by atoms with Crippen molar-refractivity contribution in [2.45, 2.75) is 31.3 Å². The van der Waals surface area contributed by atoms with E-state index < -0.39 is 20.9 Å². The van der Waals surface area contributed by atoms with E-state index >= 15 is 0 Å². The number of hydrogen-bond acceptors (Lipinski definition) is 4. The highest BCUT2D eigenvalue weighted by atomic mass is 32.2. The first-order valence-electron chi connectivity index (χ1n) is 4.77. The van der Waals surface area contributed by atoms with E-state index in [0.29, 0.717) is 19.3 Å². The van der Waals surface area contributed by atoms with Crippen LogP contribution in [0.5, 0.6) is 0 Å². The van der Waals surface area contributed by atoms with Gasteiger partial charge >= 0.3 is 0 Å². The van der Waals surface area contributed by atoms with E-state index in [-0.39, 0.29) is 11.5 Å². The van der Waals surface area contributed by atoms with Crippen LogP contribution in [-0.4, -0.2) is 30.6 Å². The molecule has 2 fully saturated rings. The summed E-state index contributed by atoms with van der Waals surface area (Å²) in [5.41, 5.74) is -2.06. The van der Waals surface area contributed by atoms with Gasteiger partial charge in [0.25, 0.3) is 0 Å². The third-order valence-electron chi connectivity index (χ3n) is 3.59. The van der Waals surface area contributed by atoms with Gasteiger partial charge in [-0.15, -0.1) is 0 Å². The molecule has 0 bridgehead atoms. The Bertz CT molecular complexity index is 391. The Hall–Kier alpha value is -0.600. The van der Waals surface area contributed by atoms with Gasteiger partial charge in [0.1, 0.15) is 5.41 Å². The van der Waals surface area contributed by atoms with Gasteiger partial charge in [-0.25, -0.2) is 8.42 Å². The fraction of sp³-hybridized carbons (Fsp3) is 0.889. The molecule has 1 aliphatic carbocycles. The monoisotopic (exact) mass is 215 g/mol. The molecule has 2 aliphatic rings. The Balaban J connectivity index is 2.34. The minimum atomic E-state index is -3.11. The number of hydrogen-bond donors (Lipinski definition) is 1. The number of rotatable bonds is 1. The summed E-state index contributed by atoms with van der Waals surface area (Å²) in [6.45, 7) is 0. The molecule has 1 heterocycles. The van der Waals surface area contributed by atoms with E-state index in [1.54, 1.807) is 0 Å². The molecule has 5 heteroatoms. The maximum Gasteiger partial charge on any atom is 0.152 e. The molecule has 1 N–H and O–H groups in total. The first-order valence-corrected chi connectivity index (χ1v) is 6.59. The average Bonchev–Trinajstić information content (AvgIpc) is 2.39. The van der Waals surface area contributed by atoms with Crippen molar-refractivity contribution in [2.75, 3.05) is 11.5 Å². The summed E-state index contributed by atoms with van der Waals surface area (Å²) in [5.74, 6) is -0.115. The Kier molecular flexibility index (Phi) is 1.92. The van der Waals surface area contributed by atoms with Crippen molar-refractivity contribution in [1.29, 1.82) is 5.26 Å². The van der Waals surface area contributed by atoms with Gasteiger partial charge < -0.3 is 5.11 Å². The topological polar surface area (TPSA) is 78.2 Å². The summed E-state index contributed by atoms with van der Waals surface area (Å²) < 4.78 is 22.7. The lowest BCUT2D eigenvalue weighted by Gasteiger charge is -2.46. The minimum Gasteiger partial charge on any atom is -0.388 e. The molecule has 0 radical (unpaired) electrons. The summed E-state index contributed by atoms with van der Waals surface area (Å²) in [6, 6.07) is 2.05. The third kappa shape index (κ3) is 1.17. The summed E-state index contributed by atoms with van der Waals surface area (Å²) in [6.07, 6.45) is 2.31. The SMILES string of the molecule is N#CC1(C2(O)CCC2)CCS(=O)(=O)C1. The van der Waals surface area contributed by atoms with Gasteiger partial charge in [0.2, 0.25) is 0 Å². The second-order valence-electron chi connectivity index (χ2n) is 4.42. The summed E-state index contributed by atoms with van der Waals surface area (Å²) in [5, 5.41) is 19.2. The quantitative estimate of drug-likeness (QED) is 0.679. The lowest BCUT2D eigenvalue weighted by molar-refractivity contribution is -0.105. The second-order valence-corrected chi connectivity index (χ2v) is 6.61. The summed E-state index contributed by atoms with van der Waals surface area (Å²) in [7, 11) is -3.11. The van der Waals surface area contributed by atoms with Crippen LogP contribution in [-0.2, 0) is 9.84 Å². The van der Waals surface area contributed by atoms with Crippen LogP contribution in [0.2, 0.25) is 0 Å². The molecular formula is C9H13NO3S. The fourth-order valence-electron chi connectivity index (χ4n) is 2.40. The highest BCUT2D eigenvalue weighted by molar-refractivity contribution is 7.91. The van der Waals surface area contributed by atoms with Crippen LogP contribution in [0.15, 0.2) is 0 Å². The summed E-state index contributed by atoms with van der Waals surface area (Å²) in [4.78, 5) is 0. The Morgan fingerprint density at radius 1 is 1.29 bits per heavy atom. The average molecular weight is 215 g/mol. The fourth-order valence-corrected chi connectivity index (χ4v) is 4.43. The van der Waals surface area contributed by atoms with Crippen LogP contribution in [0.3, 0.4) is 0 Å². The molecule has 4 nitrogen and oxygen atoms in total. The second kappa shape index (κ2) is 2.71. The van der Waals surface area contributed by atoms with Gasteiger partial charge in [-0.05, 0) is 25.7 Å². The maximum absolute atomic E-state index is 11.3. The van der Waals surface area contributed by atoms with Crippen LogP contribution < -0.4 is 0 Å². The van der Waals surface area contributed by atoms with Crippen LogP contribution in [0.25, 0.3) is 0 Å². The molecule has 0 aromatic heterocycles. The number of sulfone groups is 1. The number of nitrogens with zero attached hydrogens (tertiary/aromatic N) is 1. The molecule has 1 saturated heterocycles. The van der Waals surface area contributed by atoms with Crippen LogP contribution in [0, 0.1) is 16.7 Å². The van der Waals surface area contributed by atoms with Crippen molar-refractivity contribution in [1.82, 2.24) is 0 Å². The van der Waals surface area contributed by atoms with Gasteiger partial charge in [0.15, 0.2) is 9.84 Å². The lowest BCUT2D eigenvalue weighted by Crippen LogP contribution is -2.53. The molecule has 1 unspecified atom stereocenters. The van der Waals surface area contributed by atoms with E-state index in [4.69, 9.17) is 5.26 Å². The maximum atomic E-state index is 11.3. The van der Waals surface area contributed by atoms with E-state index in [1.165, 1.54) is 0 Å². The zero-order valence-corrected chi connectivity index (χ0v) is 8.68. The molecule has 1 saturated carbocycles. The molecule has 2 rings (SSSR count). The Labute approximate surface area is 83.5 Å². The van der Waals surface area contributed by atoms with Crippen molar-refractivity contribution < 1.29 is 13.5 Å². The third-order valence-corrected chi connectivity index (χ3v) is 5.35. The molecule has 0 amide bonds. The number of aliphatic hydroxyl groups is 1. The van der Waals surface area contributed by atoms with Crippen LogP contribution in [0.1, 0.15) is 25.7 Å². The van der Waals surface area contributed by atoms with Crippen molar-refractivity contribution >= 4 is 9.84 Å². The van der Waals surface area contributed by atoms with Crippen molar-refractivity contribution in [3.8, 4) is 6.07 Å². The molecule has 0 aromatic carbocycles. The van der Waals surface area contributed by atoms with Gasteiger partial charge in [-0.1, -0.05) is 0 Å². The molecule has 14 heavy (non-hydrogen) atoms. The lowest BCUT2D eigenvalue weighted by atomic mass is 9.62. The molecule has 78 valence electrons. The Morgan fingerprint density at radius 2 is 1.93 bits per heavy atom. The van der Waals surface area contributed by atoms with E-state index in [1.807, 2.05) is 6.07 Å². The standard InChI is InChI=1S/C9H13NO3S/c10-6-8(9(11)2-1-3-9)4-5-14(12,13)7-8/h11H,1-5,7H2. The molecule has 0 aromatic rings. The van der Waals surface area contributed by atoms with Crippen molar-refractivity contribution in [3.05, 3.63) is 0 Å². The first-order chi connectivity index (χ1) is 6.43. The van der Waals surface area contributed by atoms with Gasteiger partial charge in [0, 0.05) is 0 Å². The van der Waals surface area contributed by atoms with E-state index in [9.17, 15) is 13.5 Å². The molecule has 1 atom stereocenters. The highest BCUT2D eigenvalue weighted by Gasteiger charge is 2.59. The van der Waals surface area contributed by atoms with Gasteiger partial charge in [-0.2, -0.15) is 5.26 Å². The first kappa shape index (κ1) is 9.94. The molecular weight excluding hydrogens is 202 g/mol. The predicted molar refractivity (Wildman–Crippen MR) is 50.1 cm³/mol. The van der Waals surface area contributed by atoms with Crippen LogP contribution >= 0.6 is 0 Å². The minimum absolute atomic E-state index is 0.0445. The summed E-state index contributed by atoms with van der Waals surface area (Å²) >= 11 is 0. The highest BCUT2D eigenvalue weighted by Crippen LogP contribution is 2.51. The van der Waals surface area contributed by atoms with Crippen molar-refractivity contribution in [2.24, 2.45) is 5.41 Å². The number of nitriles is 1. The largest absolute Gasteiger partial charge is 0.388 e. The smallest absolute Gasteiger partial charge is 0.152 e. The zero-order valence-electron chi connectivity index (χ0n) is 7.86. The van der Waals surface area contributed by atoms with E-state index in [0.717, 1.165) is 6.42 Å². The van der Waals surface area contributed by atoms with E-state index in [2.05, 4.69) is 0 Å². The van der Waals surface area contributed by atoms with Crippen molar-refractivity contribution in [3.63, 3.8) is 0 Å². The van der Waals surface area contributed by atoms with Gasteiger partial charge in [-0.3, -0.25) is 0 Å². The van der Waals surface area contributed by atoms with Gasteiger partial charge in [0.05, 0.1) is 23.2 Å². The predicted octanol–water partition coefficient (Wildman–Crippen LogP) is 0.230. The normalized spacial score (nSPS) is 38.6. The Morgan fingerprint density at radius 3 is 2.21 bits per heavy atom.